The van der Waals surface area contributed by atoms with Gasteiger partial charge in [-0.3, -0.25) is 9.63 Å². The predicted octanol–water partition coefficient (Wildman–Crippen LogP) is 3.10. The molecule has 0 radical (unpaired) electrons. The second-order valence-corrected chi connectivity index (χ2v) is 5.88. The Bertz CT molecular complexity index is 864. The molecule has 1 aliphatic rings. The minimum Gasteiger partial charge on any atom is -0.368 e. The number of ether oxygens (including phenoxy) is 1. The van der Waals surface area contributed by atoms with Crippen molar-refractivity contribution in [2.24, 2.45) is 0 Å². The smallest absolute Gasteiger partial charge is 0.368 e. The number of carbonyl (C=O) groups is 1. The lowest BCUT2D eigenvalue weighted by Gasteiger charge is -2.23. The molecule has 0 aliphatic carbocycles. The third-order valence-corrected chi connectivity index (χ3v) is 4.06. The van der Waals surface area contributed by atoms with E-state index >= 15 is 0 Å². The number of alkyl halides is 3. The van der Waals surface area contributed by atoms with Crippen LogP contribution >= 0.6 is 0 Å². The molecule has 1 amide bonds. The Labute approximate surface area is 155 Å². The zero-order valence-electron chi connectivity index (χ0n) is 14.4. The maximum absolute atomic E-state index is 14.4. The Kier molecular flexibility index (Phi) is 5.61. The van der Waals surface area contributed by atoms with Crippen LogP contribution in [-0.2, 0) is 27.1 Å². The molecule has 12 heteroatoms. The molecule has 1 saturated heterocycles. The summed E-state index contributed by atoms with van der Waals surface area (Å²) >= 11 is 0. The molecular weight excluding hydrogens is 393 g/mol. The van der Waals surface area contributed by atoms with Crippen molar-refractivity contribution in [2.75, 3.05) is 13.7 Å². The maximum Gasteiger partial charge on any atom is 0.471 e. The summed E-state index contributed by atoms with van der Waals surface area (Å²) in [5, 5.41) is 3.85. The van der Waals surface area contributed by atoms with Crippen molar-refractivity contribution in [3.8, 4) is 11.4 Å². The average molecular weight is 407 g/mol. The van der Waals surface area contributed by atoms with Crippen molar-refractivity contribution in [1.29, 1.82) is 0 Å². The SMILES string of the molecule is CON(Cc1ccc(-c2noc(C(F)(F)F)n2)c(F)c1F)C(=O)C1CCCO1. The predicted molar refractivity (Wildman–Crippen MR) is 81.2 cm³/mol. The van der Waals surface area contributed by atoms with Gasteiger partial charge in [-0.25, -0.2) is 13.8 Å². The highest BCUT2D eigenvalue weighted by Gasteiger charge is 2.39. The molecule has 2 aromatic rings. The normalized spacial score (nSPS) is 17.1. The van der Waals surface area contributed by atoms with E-state index in [1.54, 1.807) is 0 Å². The first-order chi connectivity index (χ1) is 13.2. The van der Waals surface area contributed by atoms with Crippen LogP contribution in [0.2, 0.25) is 0 Å². The van der Waals surface area contributed by atoms with Gasteiger partial charge in [0, 0.05) is 12.2 Å². The van der Waals surface area contributed by atoms with Gasteiger partial charge >= 0.3 is 12.1 Å². The van der Waals surface area contributed by atoms with E-state index in [4.69, 9.17) is 9.57 Å². The lowest BCUT2D eigenvalue weighted by atomic mass is 10.1. The van der Waals surface area contributed by atoms with E-state index in [0.29, 0.717) is 19.4 Å². The van der Waals surface area contributed by atoms with Crippen molar-refractivity contribution < 1.29 is 40.8 Å². The van der Waals surface area contributed by atoms with E-state index in [9.17, 15) is 26.7 Å². The first kappa shape index (κ1) is 20.1. The molecule has 0 spiro atoms. The van der Waals surface area contributed by atoms with Crippen LogP contribution in [0.3, 0.4) is 0 Å². The summed E-state index contributed by atoms with van der Waals surface area (Å²) in [5.74, 6) is -5.84. The Balaban J connectivity index is 1.83. The van der Waals surface area contributed by atoms with Crippen LogP contribution in [-0.4, -0.2) is 40.9 Å². The van der Waals surface area contributed by atoms with Gasteiger partial charge in [-0.1, -0.05) is 11.2 Å². The second kappa shape index (κ2) is 7.80. The summed E-state index contributed by atoms with van der Waals surface area (Å²) in [7, 11) is 1.19. The zero-order chi connectivity index (χ0) is 20.5. The molecule has 0 bridgehead atoms. The lowest BCUT2D eigenvalue weighted by molar-refractivity contribution is -0.188. The molecule has 3 rings (SSSR count). The molecule has 152 valence electrons. The summed E-state index contributed by atoms with van der Waals surface area (Å²) in [6, 6.07) is 2.08. The van der Waals surface area contributed by atoms with Gasteiger partial charge in [0.25, 0.3) is 5.91 Å². The fourth-order valence-corrected chi connectivity index (χ4v) is 2.65. The summed E-state index contributed by atoms with van der Waals surface area (Å²) in [4.78, 5) is 20.2. The first-order valence-electron chi connectivity index (χ1n) is 8.07. The topological polar surface area (TPSA) is 77.7 Å². The highest BCUT2D eigenvalue weighted by molar-refractivity contribution is 5.80. The molecule has 1 atom stereocenters. The van der Waals surface area contributed by atoms with Gasteiger partial charge in [-0.2, -0.15) is 18.2 Å². The van der Waals surface area contributed by atoms with Gasteiger partial charge in [-0.05, 0) is 18.9 Å². The van der Waals surface area contributed by atoms with Crippen molar-refractivity contribution >= 4 is 5.91 Å². The molecular formula is C16H14F5N3O4. The quantitative estimate of drug-likeness (QED) is 0.560. The van der Waals surface area contributed by atoms with Crippen molar-refractivity contribution in [2.45, 2.75) is 31.7 Å². The Morgan fingerprint density at radius 1 is 1.32 bits per heavy atom. The minimum atomic E-state index is -4.91. The van der Waals surface area contributed by atoms with Crippen LogP contribution in [0, 0.1) is 11.6 Å². The lowest BCUT2D eigenvalue weighted by Crippen LogP contribution is -2.38. The van der Waals surface area contributed by atoms with E-state index < -0.39 is 53.6 Å². The number of aromatic nitrogens is 2. The molecule has 1 fully saturated rings. The number of carbonyl (C=O) groups excluding carboxylic acids is 1. The van der Waals surface area contributed by atoms with Gasteiger partial charge in [0.2, 0.25) is 5.82 Å². The van der Waals surface area contributed by atoms with Crippen molar-refractivity contribution in [3.05, 3.63) is 35.2 Å². The number of halogens is 5. The van der Waals surface area contributed by atoms with Crippen LogP contribution in [0.25, 0.3) is 11.4 Å². The van der Waals surface area contributed by atoms with Gasteiger partial charge in [0.05, 0.1) is 19.2 Å². The van der Waals surface area contributed by atoms with Gasteiger partial charge in [-0.15, -0.1) is 0 Å². The van der Waals surface area contributed by atoms with Gasteiger partial charge < -0.3 is 9.26 Å². The Hall–Kier alpha value is -2.60. The fraction of sp³-hybridized carbons (Fsp3) is 0.438. The van der Waals surface area contributed by atoms with Crippen LogP contribution < -0.4 is 0 Å². The van der Waals surface area contributed by atoms with Crippen LogP contribution in [0.5, 0.6) is 0 Å². The third-order valence-electron chi connectivity index (χ3n) is 4.06. The van der Waals surface area contributed by atoms with E-state index in [1.165, 1.54) is 7.11 Å². The van der Waals surface area contributed by atoms with Crippen molar-refractivity contribution in [1.82, 2.24) is 15.2 Å². The number of benzene rings is 1. The first-order valence-corrected chi connectivity index (χ1v) is 8.07. The van der Waals surface area contributed by atoms with E-state index in [0.717, 1.165) is 17.2 Å². The monoisotopic (exact) mass is 407 g/mol. The average Bonchev–Trinajstić information content (AvgIpc) is 3.34. The van der Waals surface area contributed by atoms with Crippen molar-refractivity contribution in [3.63, 3.8) is 0 Å². The molecule has 2 heterocycles. The standard InChI is InChI=1S/C16H14F5N3O4/c1-26-24(14(25)10-3-2-6-27-10)7-8-4-5-9(12(18)11(8)17)13-22-15(28-23-13)16(19,20)21/h4-5,10H,2-3,6-7H2,1H3. The van der Waals surface area contributed by atoms with E-state index in [2.05, 4.69) is 14.7 Å². The van der Waals surface area contributed by atoms with Crippen LogP contribution in [0.4, 0.5) is 22.0 Å². The van der Waals surface area contributed by atoms with E-state index in [1.807, 2.05) is 0 Å². The van der Waals surface area contributed by atoms with Gasteiger partial charge in [0.15, 0.2) is 11.6 Å². The molecule has 7 nitrogen and oxygen atoms in total. The molecule has 1 aromatic carbocycles. The van der Waals surface area contributed by atoms with Crippen LogP contribution in [0.15, 0.2) is 16.7 Å². The number of rotatable bonds is 5. The number of hydrogen-bond acceptors (Lipinski definition) is 6. The summed E-state index contributed by atoms with van der Waals surface area (Å²) in [6.07, 6.45) is -4.47. The molecule has 28 heavy (non-hydrogen) atoms. The Morgan fingerprint density at radius 2 is 2.07 bits per heavy atom. The summed E-state index contributed by atoms with van der Waals surface area (Å²) < 4.78 is 75.6. The molecule has 1 aromatic heterocycles. The molecule has 0 saturated carbocycles. The minimum absolute atomic E-state index is 0.256. The fourth-order valence-electron chi connectivity index (χ4n) is 2.65. The summed E-state index contributed by atoms with van der Waals surface area (Å²) in [6.45, 7) is -0.0193. The number of hydroxylamine groups is 2. The molecule has 1 aliphatic heterocycles. The highest BCUT2D eigenvalue weighted by atomic mass is 19.4. The highest BCUT2D eigenvalue weighted by Crippen LogP contribution is 2.31. The van der Waals surface area contributed by atoms with Crippen LogP contribution in [0.1, 0.15) is 24.3 Å². The molecule has 0 N–H and O–H groups in total. The molecule has 1 unspecified atom stereocenters. The maximum atomic E-state index is 14.4. The number of amides is 1. The Morgan fingerprint density at radius 3 is 2.64 bits per heavy atom. The third kappa shape index (κ3) is 3.97. The van der Waals surface area contributed by atoms with E-state index in [-0.39, 0.29) is 5.56 Å². The number of hydrogen-bond donors (Lipinski definition) is 0. The second-order valence-electron chi connectivity index (χ2n) is 5.88. The van der Waals surface area contributed by atoms with Gasteiger partial charge in [0.1, 0.15) is 6.10 Å². The summed E-state index contributed by atoms with van der Waals surface area (Å²) in [5.41, 5.74) is -0.871. The number of nitrogens with zero attached hydrogens (tertiary/aromatic N) is 3. The largest absolute Gasteiger partial charge is 0.471 e. The zero-order valence-corrected chi connectivity index (χ0v) is 14.4.